The zero-order chi connectivity index (χ0) is 12.5. The number of hydrogen-bond donors (Lipinski definition) is 2. The number of aromatic nitrogens is 1. The van der Waals surface area contributed by atoms with E-state index >= 15 is 0 Å². The molecule has 1 aromatic carbocycles. The van der Waals surface area contributed by atoms with Gasteiger partial charge >= 0.3 is 0 Å². The first-order valence-electron chi connectivity index (χ1n) is 5.60. The van der Waals surface area contributed by atoms with Crippen molar-refractivity contribution in [2.24, 2.45) is 5.84 Å². The van der Waals surface area contributed by atoms with E-state index in [1.807, 2.05) is 24.4 Å². The number of thiazole rings is 1. The molecule has 0 atom stereocenters. The van der Waals surface area contributed by atoms with Crippen LogP contribution in [-0.4, -0.2) is 18.2 Å². The van der Waals surface area contributed by atoms with Crippen LogP contribution in [0.15, 0.2) is 17.5 Å². The highest BCUT2D eigenvalue weighted by Crippen LogP contribution is 2.38. The fourth-order valence-corrected chi connectivity index (χ4v) is 2.73. The third kappa shape index (κ3) is 1.89. The van der Waals surface area contributed by atoms with Crippen LogP contribution in [0.3, 0.4) is 0 Å². The molecule has 2 aromatic rings. The maximum atomic E-state index is 5.59. The smallest absolute Gasteiger partial charge is 0.162 e. The summed E-state index contributed by atoms with van der Waals surface area (Å²) in [5.74, 6) is 7.59. The molecule has 2 heterocycles. The molecule has 0 saturated carbocycles. The Hall–Kier alpha value is -1.79. The van der Waals surface area contributed by atoms with E-state index in [9.17, 15) is 0 Å². The number of hydrogen-bond acceptors (Lipinski definition) is 6. The number of nitrogens with zero attached hydrogens (tertiary/aromatic N) is 1. The maximum absolute atomic E-state index is 5.59. The average molecular weight is 263 g/mol. The van der Waals surface area contributed by atoms with Crippen LogP contribution in [0, 0.1) is 6.92 Å². The second-order valence-electron chi connectivity index (χ2n) is 3.99. The summed E-state index contributed by atoms with van der Waals surface area (Å²) in [7, 11) is 0. The summed E-state index contributed by atoms with van der Waals surface area (Å²) in [4.78, 5) is 4.39. The molecule has 0 unspecified atom stereocenters. The lowest BCUT2D eigenvalue weighted by atomic mass is 10.1. The van der Waals surface area contributed by atoms with Gasteiger partial charge in [-0.05, 0) is 24.6 Å². The first-order chi connectivity index (χ1) is 8.78. The van der Waals surface area contributed by atoms with Crippen molar-refractivity contribution in [1.29, 1.82) is 0 Å². The van der Waals surface area contributed by atoms with Crippen LogP contribution in [0.5, 0.6) is 11.5 Å². The predicted octanol–water partition coefficient (Wildman–Crippen LogP) is 2.18. The Morgan fingerprint density at radius 2 is 2.00 bits per heavy atom. The molecule has 1 aliphatic rings. The van der Waals surface area contributed by atoms with E-state index in [2.05, 4.69) is 10.4 Å². The van der Waals surface area contributed by atoms with E-state index in [-0.39, 0.29) is 0 Å². The van der Waals surface area contributed by atoms with Gasteiger partial charge in [0, 0.05) is 10.9 Å². The van der Waals surface area contributed by atoms with Crippen LogP contribution in [-0.2, 0) is 0 Å². The topological polar surface area (TPSA) is 69.4 Å². The molecular weight excluding hydrogens is 250 g/mol. The highest BCUT2D eigenvalue weighted by Gasteiger charge is 2.16. The van der Waals surface area contributed by atoms with Gasteiger partial charge in [-0.2, -0.15) is 0 Å². The zero-order valence-electron chi connectivity index (χ0n) is 9.90. The number of rotatable bonds is 2. The molecule has 1 aromatic heterocycles. The third-order valence-corrected chi connectivity index (χ3v) is 3.65. The van der Waals surface area contributed by atoms with Gasteiger partial charge in [-0.25, -0.2) is 10.8 Å². The normalized spacial score (nSPS) is 13.4. The van der Waals surface area contributed by atoms with E-state index in [1.54, 1.807) is 11.3 Å². The van der Waals surface area contributed by atoms with E-state index in [1.165, 1.54) is 0 Å². The maximum Gasteiger partial charge on any atom is 0.162 e. The van der Waals surface area contributed by atoms with Gasteiger partial charge in [-0.15, -0.1) is 11.3 Å². The van der Waals surface area contributed by atoms with Gasteiger partial charge in [-0.1, -0.05) is 0 Å². The minimum atomic E-state index is 0.586. The van der Waals surface area contributed by atoms with E-state index < -0.39 is 0 Å². The van der Waals surface area contributed by atoms with Crippen LogP contribution in [0.4, 0.5) is 5.82 Å². The lowest BCUT2D eigenvalue weighted by Gasteiger charge is -2.19. The summed E-state index contributed by atoms with van der Waals surface area (Å²) >= 11 is 1.54. The molecule has 3 N–H and O–H groups in total. The van der Waals surface area contributed by atoms with E-state index in [4.69, 9.17) is 15.3 Å². The van der Waals surface area contributed by atoms with Gasteiger partial charge in [0.1, 0.15) is 18.2 Å². The average Bonchev–Trinajstić information content (AvgIpc) is 2.86. The van der Waals surface area contributed by atoms with Crippen molar-refractivity contribution in [2.75, 3.05) is 18.6 Å². The van der Waals surface area contributed by atoms with Crippen molar-refractivity contribution < 1.29 is 9.47 Å². The third-order valence-electron chi connectivity index (χ3n) is 2.77. The lowest BCUT2D eigenvalue weighted by Crippen LogP contribution is -2.15. The molecule has 94 valence electrons. The van der Waals surface area contributed by atoms with Gasteiger partial charge in [0.15, 0.2) is 17.3 Å². The molecule has 0 amide bonds. The number of ether oxygens (including phenoxy) is 2. The van der Waals surface area contributed by atoms with Crippen molar-refractivity contribution in [2.45, 2.75) is 6.92 Å². The zero-order valence-corrected chi connectivity index (χ0v) is 10.7. The molecule has 3 rings (SSSR count). The van der Waals surface area contributed by atoms with Gasteiger partial charge in [-0.3, -0.25) is 0 Å². The SMILES string of the molecule is Cc1cc2c(cc1-c1nc(NN)cs1)OCCO2. The van der Waals surface area contributed by atoms with Crippen molar-refractivity contribution in [1.82, 2.24) is 4.98 Å². The van der Waals surface area contributed by atoms with Crippen molar-refractivity contribution in [3.05, 3.63) is 23.1 Å². The molecule has 6 heteroatoms. The second-order valence-corrected chi connectivity index (χ2v) is 4.85. The summed E-state index contributed by atoms with van der Waals surface area (Å²) in [5, 5.41) is 2.79. The van der Waals surface area contributed by atoms with Gasteiger partial charge in [0.05, 0.1) is 0 Å². The Kier molecular flexibility index (Phi) is 2.81. The van der Waals surface area contributed by atoms with Crippen LogP contribution < -0.4 is 20.7 Å². The Labute approximate surface area is 109 Å². The fraction of sp³-hybridized carbons (Fsp3) is 0.250. The number of hydrazine groups is 1. The van der Waals surface area contributed by atoms with Crippen LogP contribution in [0.1, 0.15) is 5.56 Å². The highest BCUT2D eigenvalue weighted by atomic mass is 32.1. The van der Waals surface area contributed by atoms with Crippen LogP contribution in [0.2, 0.25) is 0 Å². The molecule has 18 heavy (non-hydrogen) atoms. The molecule has 1 aliphatic heterocycles. The Morgan fingerprint density at radius 1 is 1.28 bits per heavy atom. The minimum Gasteiger partial charge on any atom is -0.486 e. The van der Waals surface area contributed by atoms with Crippen molar-refractivity contribution in [3.8, 4) is 22.1 Å². The molecule has 0 radical (unpaired) electrons. The molecule has 0 aliphatic carbocycles. The molecule has 0 saturated heterocycles. The standard InChI is InChI=1S/C12H13N3O2S/c1-7-4-9-10(17-3-2-16-9)5-8(7)12-14-11(15-13)6-18-12/h4-6,15H,2-3,13H2,1H3. The summed E-state index contributed by atoms with van der Waals surface area (Å²) in [6.07, 6.45) is 0. The number of nitrogen functional groups attached to an aromatic ring is 1. The number of fused-ring (bicyclic) bond motifs is 1. The molecular formula is C12H13N3O2S. The fourth-order valence-electron chi connectivity index (χ4n) is 1.88. The first kappa shape index (κ1) is 11.3. The van der Waals surface area contributed by atoms with E-state index in [0.29, 0.717) is 19.0 Å². The summed E-state index contributed by atoms with van der Waals surface area (Å²) in [5.41, 5.74) is 4.70. The lowest BCUT2D eigenvalue weighted by molar-refractivity contribution is 0.171. The largest absolute Gasteiger partial charge is 0.486 e. The van der Waals surface area contributed by atoms with Gasteiger partial charge in [0.2, 0.25) is 0 Å². The Bertz CT molecular complexity index is 583. The number of nitrogens with two attached hydrogens (primary N) is 1. The number of nitrogens with one attached hydrogen (secondary N) is 1. The van der Waals surface area contributed by atoms with Gasteiger partial charge in [0.25, 0.3) is 0 Å². The molecule has 0 bridgehead atoms. The molecule has 5 nitrogen and oxygen atoms in total. The second kappa shape index (κ2) is 4.47. The minimum absolute atomic E-state index is 0.586. The number of anilines is 1. The van der Waals surface area contributed by atoms with Crippen LogP contribution in [0.25, 0.3) is 10.6 Å². The van der Waals surface area contributed by atoms with Crippen molar-refractivity contribution >= 4 is 17.2 Å². The number of benzene rings is 1. The summed E-state index contributed by atoms with van der Waals surface area (Å²) < 4.78 is 11.1. The quantitative estimate of drug-likeness (QED) is 0.642. The van der Waals surface area contributed by atoms with E-state index in [0.717, 1.165) is 27.6 Å². The summed E-state index contributed by atoms with van der Waals surface area (Å²) in [6, 6.07) is 3.96. The molecule has 0 spiro atoms. The Morgan fingerprint density at radius 3 is 2.67 bits per heavy atom. The van der Waals surface area contributed by atoms with Crippen LogP contribution >= 0.6 is 11.3 Å². The number of aryl methyl sites for hydroxylation is 1. The monoisotopic (exact) mass is 263 g/mol. The van der Waals surface area contributed by atoms with Gasteiger partial charge < -0.3 is 14.9 Å². The van der Waals surface area contributed by atoms with Crippen molar-refractivity contribution in [3.63, 3.8) is 0 Å². The predicted molar refractivity (Wildman–Crippen MR) is 71.1 cm³/mol. The first-order valence-corrected chi connectivity index (χ1v) is 6.48. The Balaban J connectivity index is 2.06. The molecule has 0 fully saturated rings. The highest BCUT2D eigenvalue weighted by molar-refractivity contribution is 7.13. The summed E-state index contributed by atoms with van der Waals surface area (Å²) in [6.45, 7) is 3.22.